The molecule has 1 N–H and O–H groups in total. The summed E-state index contributed by atoms with van der Waals surface area (Å²) in [4.78, 5) is 10.1. The number of halogens is 2. The summed E-state index contributed by atoms with van der Waals surface area (Å²) in [7, 11) is 0. The van der Waals surface area contributed by atoms with Crippen LogP contribution in [-0.2, 0) is 6.54 Å². The van der Waals surface area contributed by atoms with Crippen LogP contribution >= 0.6 is 22.6 Å². The van der Waals surface area contributed by atoms with Crippen LogP contribution in [-0.4, -0.2) is 4.92 Å². The van der Waals surface area contributed by atoms with E-state index < -0.39 is 10.7 Å². The van der Waals surface area contributed by atoms with Gasteiger partial charge in [-0.2, -0.15) is 0 Å². The quantitative estimate of drug-likeness (QED) is 0.513. The van der Waals surface area contributed by atoms with Gasteiger partial charge in [0.25, 0.3) is 5.69 Å². The SMILES string of the molecule is O=[N+]([O-])c1cccc(F)c1NCc1ccc(I)o1. The van der Waals surface area contributed by atoms with Crippen LogP contribution in [0.1, 0.15) is 5.76 Å². The molecule has 2 rings (SSSR count). The third-order valence-electron chi connectivity index (χ3n) is 2.26. The second-order valence-electron chi connectivity index (χ2n) is 3.45. The predicted molar refractivity (Wildman–Crippen MR) is 71.8 cm³/mol. The Morgan fingerprint density at radius 1 is 1.39 bits per heavy atom. The summed E-state index contributed by atoms with van der Waals surface area (Å²) in [5.41, 5.74) is -0.426. The Morgan fingerprint density at radius 3 is 2.78 bits per heavy atom. The van der Waals surface area contributed by atoms with Gasteiger partial charge in [-0.05, 0) is 40.8 Å². The highest BCUT2D eigenvalue weighted by Gasteiger charge is 2.17. The van der Waals surface area contributed by atoms with Crippen LogP contribution in [0.25, 0.3) is 0 Å². The van der Waals surface area contributed by atoms with E-state index in [1.165, 1.54) is 18.2 Å². The Balaban J connectivity index is 2.20. The van der Waals surface area contributed by atoms with Gasteiger partial charge in [-0.1, -0.05) is 6.07 Å². The summed E-state index contributed by atoms with van der Waals surface area (Å²) in [5, 5.41) is 13.4. The number of furan rings is 1. The van der Waals surface area contributed by atoms with Gasteiger partial charge in [0.05, 0.1) is 11.5 Å². The van der Waals surface area contributed by atoms with Gasteiger partial charge in [-0.15, -0.1) is 0 Å². The minimum Gasteiger partial charge on any atom is -0.454 e. The number of hydrogen-bond acceptors (Lipinski definition) is 4. The number of rotatable bonds is 4. The van der Waals surface area contributed by atoms with Crippen molar-refractivity contribution >= 4 is 34.0 Å². The minimum atomic E-state index is -0.662. The van der Waals surface area contributed by atoms with E-state index in [0.29, 0.717) is 9.53 Å². The van der Waals surface area contributed by atoms with Crippen molar-refractivity contribution in [2.75, 3.05) is 5.32 Å². The summed E-state index contributed by atoms with van der Waals surface area (Å²) in [5.74, 6) is -0.0811. The molecular weight excluding hydrogens is 354 g/mol. The number of para-hydroxylation sites is 1. The number of nitrogens with one attached hydrogen (secondary N) is 1. The van der Waals surface area contributed by atoms with Crippen LogP contribution in [0.4, 0.5) is 15.8 Å². The van der Waals surface area contributed by atoms with Crippen molar-refractivity contribution < 1.29 is 13.7 Å². The molecule has 1 aromatic carbocycles. The average Bonchev–Trinajstić information content (AvgIpc) is 2.73. The molecule has 2 aromatic rings. The fourth-order valence-corrected chi connectivity index (χ4v) is 1.92. The molecule has 0 spiro atoms. The molecule has 0 aliphatic carbocycles. The molecule has 5 nitrogen and oxygen atoms in total. The van der Waals surface area contributed by atoms with Gasteiger partial charge in [-0.3, -0.25) is 10.1 Å². The van der Waals surface area contributed by atoms with Gasteiger partial charge in [-0.25, -0.2) is 4.39 Å². The average molecular weight is 362 g/mol. The van der Waals surface area contributed by atoms with Crippen molar-refractivity contribution in [1.82, 2.24) is 0 Å². The van der Waals surface area contributed by atoms with E-state index >= 15 is 0 Å². The summed E-state index contributed by atoms with van der Waals surface area (Å²) in [6.45, 7) is 0.185. The third-order valence-corrected chi connectivity index (χ3v) is 2.84. The second kappa shape index (κ2) is 5.34. The molecule has 0 atom stereocenters. The molecule has 0 saturated heterocycles. The van der Waals surface area contributed by atoms with E-state index in [-0.39, 0.29) is 17.9 Å². The molecule has 0 fully saturated rings. The van der Waals surface area contributed by atoms with E-state index in [9.17, 15) is 14.5 Å². The first kappa shape index (κ1) is 12.8. The van der Waals surface area contributed by atoms with Crippen molar-refractivity contribution in [2.45, 2.75) is 6.54 Å². The molecule has 0 aliphatic heterocycles. The topological polar surface area (TPSA) is 68.3 Å². The van der Waals surface area contributed by atoms with E-state index in [1.54, 1.807) is 12.1 Å². The van der Waals surface area contributed by atoms with Gasteiger partial charge >= 0.3 is 0 Å². The molecule has 1 aromatic heterocycles. The predicted octanol–water partition coefficient (Wildman–Crippen LogP) is 3.54. The molecule has 0 radical (unpaired) electrons. The Morgan fingerprint density at radius 2 is 2.17 bits per heavy atom. The number of hydrogen-bond donors (Lipinski definition) is 1. The van der Waals surface area contributed by atoms with Crippen LogP contribution in [0.5, 0.6) is 0 Å². The lowest BCUT2D eigenvalue weighted by Gasteiger charge is -2.06. The third kappa shape index (κ3) is 2.78. The standard InChI is InChI=1S/C11H8FIN2O3/c12-8-2-1-3-9(15(16)17)11(8)14-6-7-4-5-10(13)18-7/h1-5,14H,6H2. The Bertz CT molecular complexity index is 585. The van der Waals surface area contributed by atoms with Crippen molar-refractivity contribution in [3.8, 4) is 0 Å². The van der Waals surface area contributed by atoms with Crippen LogP contribution in [0.2, 0.25) is 0 Å². The van der Waals surface area contributed by atoms with Gasteiger partial charge in [0.1, 0.15) is 11.4 Å². The molecule has 0 amide bonds. The summed E-state index contributed by atoms with van der Waals surface area (Å²) >= 11 is 2.00. The highest BCUT2D eigenvalue weighted by molar-refractivity contribution is 14.1. The van der Waals surface area contributed by atoms with E-state index in [1.807, 2.05) is 22.6 Å². The number of anilines is 1. The fourth-order valence-electron chi connectivity index (χ4n) is 1.46. The smallest absolute Gasteiger partial charge is 0.295 e. The lowest BCUT2D eigenvalue weighted by atomic mass is 10.2. The van der Waals surface area contributed by atoms with Crippen molar-refractivity contribution in [2.24, 2.45) is 0 Å². The minimum absolute atomic E-state index is 0.131. The van der Waals surface area contributed by atoms with Crippen molar-refractivity contribution in [3.05, 3.63) is 55.8 Å². The maximum absolute atomic E-state index is 13.5. The second-order valence-corrected chi connectivity index (χ2v) is 4.51. The molecule has 94 valence electrons. The zero-order chi connectivity index (χ0) is 13.1. The van der Waals surface area contributed by atoms with Crippen LogP contribution in [0, 0.1) is 19.7 Å². The first-order valence-electron chi connectivity index (χ1n) is 4.99. The molecule has 1 heterocycles. The Labute approximate surface area is 115 Å². The number of nitro groups is 1. The van der Waals surface area contributed by atoms with Crippen LogP contribution < -0.4 is 5.32 Å². The van der Waals surface area contributed by atoms with Gasteiger partial charge < -0.3 is 9.73 Å². The van der Waals surface area contributed by atoms with Crippen molar-refractivity contribution in [3.63, 3.8) is 0 Å². The largest absolute Gasteiger partial charge is 0.454 e. The zero-order valence-corrected chi connectivity index (χ0v) is 11.2. The summed E-state index contributed by atoms with van der Waals surface area (Å²) in [6, 6.07) is 7.20. The molecule has 7 heteroatoms. The molecule has 0 saturated carbocycles. The first-order chi connectivity index (χ1) is 8.58. The first-order valence-corrected chi connectivity index (χ1v) is 6.07. The fraction of sp³-hybridized carbons (Fsp3) is 0.0909. The Hall–Kier alpha value is -1.64. The normalized spacial score (nSPS) is 10.3. The van der Waals surface area contributed by atoms with E-state index in [2.05, 4.69) is 5.32 Å². The monoisotopic (exact) mass is 362 g/mol. The van der Waals surface area contributed by atoms with Crippen LogP contribution in [0.3, 0.4) is 0 Å². The van der Waals surface area contributed by atoms with E-state index in [4.69, 9.17) is 4.42 Å². The summed E-state index contributed by atoms with van der Waals surface area (Å²) in [6.07, 6.45) is 0. The Kier molecular flexibility index (Phi) is 3.80. The molecule has 0 bridgehead atoms. The lowest BCUT2D eigenvalue weighted by Crippen LogP contribution is -2.04. The maximum atomic E-state index is 13.5. The van der Waals surface area contributed by atoms with Gasteiger partial charge in [0, 0.05) is 6.07 Å². The summed E-state index contributed by atoms with van der Waals surface area (Å²) < 4.78 is 19.5. The molecule has 0 unspecified atom stereocenters. The molecule has 18 heavy (non-hydrogen) atoms. The number of nitro benzene ring substituents is 1. The maximum Gasteiger partial charge on any atom is 0.295 e. The highest BCUT2D eigenvalue weighted by atomic mass is 127. The number of nitrogens with zero attached hydrogens (tertiary/aromatic N) is 1. The molecular formula is C11H8FIN2O3. The highest BCUT2D eigenvalue weighted by Crippen LogP contribution is 2.27. The lowest BCUT2D eigenvalue weighted by molar-refractivity contribution is -0.384. The van der Waals surface area contributed by atoms with Gasteiger partial charge in [0.2, 0.25) is 0 Å². The van der Waals surface area contributed by atoms with E-state index in [0.717, 1.165) is 0 Å². The zero-order valence-electron chi connectivity index (χ0n) is 9.02. The van der Waals surface area contributed by atoms with Gasteiger partial charge in [0.15, 0.2) is 9.58 Å². The van der Waals surface area contributed by atoms with Crippen LogP contribution in [0.15, 0.2) is 34.7 Å². The van der Waals surface area contributed by atoms with Crippen molar-refractivity contribution in [1.29, 1.82) is 0 Å². The molecule has 0 aliphatic rings. The number of benzene rings is 1.